The summed E-state index contributed by atoms with van der Waals surface area (Å²) in [7, 11) is -2.70. The van der Waals surface area contributed by atoms with Crippen molar-refractivity contribution in [1.82, 2.24) is 0 Å². The molecule has 3 nitrogen and oxygen atoms in total. The number of aryl methyl sites for hydroxylation is 1. The second kappa shape index (κ2) is 7.76. The van der Waals surface area contributed by atoms with Crippen molar-refractivity contribution in [2.45, 2.75) is 6.92 Å². The van der Waals surface area contributed by atoms with Crippen molar-refractivity contribution < 1.29 is 36.7 Å². The van der Waals surface area contributed by atoms with Crippen molar-refractivity contribution in [2.75, 3.05) is 0 Å². The fraction of sp³-hybridized carbons (Fsp3) is 0.0769. The first-order valence-electron chi connectivity index (χ1n) is 5.81. The standard InChI is InChI=1S/C7H8.C6H2BF5O3/c1-7-5-3-2-4-6-7;8-1-2(9)4(11)6(15-7(13)14)5(12)3(1)10/h2-6H,1H3;13-14H. The molecule has 2 N–H and O–H groups in total. The van der Waals surface area contributed by atoms with E-state index in [-0.39, 0.29) is 0 Å². The van der Waals surface area contributed by atoms with Crippen LogP contribution in [0.4, 0.5) is 22.0 Å². The molecule has 0 heterocycles. The number of halogens is 5. The van der Waals surface area contributed by atoms with Crippen molar-refractivity contribution in [2.24, 2.45) is 0 Å². The number of hydrogen-bond donors (Lipinski definition) is 2. The van der Waals surface area contributed by atoms with Gasteiger partial charge in [-0.15, -0.1) is 0 Å². The molecule has 0 amide bonds. The van der Waals surface area contributed by atoms with Gasteiger partial charge in [-0.3, -0.25) is 0 Å². The molecule has 0 saturated carbocycles. The molecule has 0 spiro atoms. The lowest BCUT2D eigenvalue weighted by Gasteiger charge is -2.08. The molecule has 0 aliphatic carbocycles. The molecule has 0 fully saturated rings. The van der Waals surface area contributed by atoms with Crippen LogP contribution in [0, 0.1) is 36.0 Å². The van der Waals surface area contributed by atoms with Crippen molar-refractivity contribution in [3.63, 3.8) is 0 Å². The topological polar surface area (TPSA) is 49.7 Å². The molecule has 2 rings (SSSR count). The van der Waals surface area contributed by atoms with Gasteiger partial charge in [-0.05, 0) is 6.92 Å². The maximum atomic E-state index is 12.7. The molecule has 0 unspecified atom stereocenters. The van der Waals surface area contributed by atoms with Crippen LogP contribution in [0.3, 0.4) is 0 Å². The highest BCUT2D eigenvalue weighted by molar-refractivity contribution is 6.33. The molecule has 22 heavy (non-hydrogen) atoms. The third-order valence-electron chi connectivity index (χ3n) is 2.33. The Morgan fingerprint density at radius 3 is 1.50 bits per heavy atom. The summed E-state index contributed by atoms with van der Waals surface area (Å²) >= 11 is 0. The SMILES string of the molecule is Cc1ccccc1.OB(O)Oc1c(F)c(F)c(F)c(F)c1F. The third kappa shape index (κ3) is 4.44. The zero-order valence-electron chi connectivity index (χ0n) is 11.2. The lowest BCUT2D eigenvalue weighted by atomic mass is 10.2. The first-order chi connectivity index (χ1) is 10.3. The summed E-state index contributed by atoms with van der Waals surface area (Å²) in [5.41, 5.74) is 1.32. The van der Waals surface area contributed by atoms with Crippen LogP contribution >= 0.6 is 0 Å². The summed E-state index contributed by atoms with van der Waals surface area (Å²) < 4.78 is 66.3. The summed E-state index contributed by atoms with van der Waals surface area (Å²) in [4.78, 5) is 0. The van der Waals surface area contributed by atoms with Crippen LogP contribution in [0.1, 0.15) is 5.56 Å². The average molecular weight is 320 g/mol. The maximum absolute atomic E-state index is 12.7. The van der Waals surface area contributed by atoms with Crippen LogP contribution in [0.2, 0.25) is 0 Å². The van der Waals surface area contributed by atoms with Crippen LogP contribution in [-0.2, 0) is 0 Å². The maximum Gasteiger partial charge on any atom is 0.707 e. The van der Waals surface area contributed by atoms with Gasteiger partial charge in [0, 0.05) is 0 Å². The van der Waals surface area contributed by atoms with E-state index in [0.29, 0.717) is 0 Å². The van der Waals surface area contributed by atoms with Gasteiger partial charge in [0.1, 0.15) is 0 Å². The molecule has 9 heteroatoms. The van der Waals surface area contributed by atoms with E-state index in [4.69, 9.17) is 10.0 Å². The van der Waals surface area contributed by atoms with Crippen LogP contribution in [0.15, 0.2) is 30.3 Å². The molecule has 0 aromatic heterocycles. The highest BCUT2D eigenvalue weighted by Gasteiger charge is 2.29. The molecule has 0 aliphatic rings. The highest BCUT2D eigenvalue weighted by Crippen LogP contribution is 2.28. The van der Waals surface area contributed by atoms with E-state index in [1.54, 1.807) is 0 Å². The fourth-order valence-electron chi connectivity index (χ4n) is 1.33. The average Bonchev–Trinajstić information content (AvgIpc) is 2.49. The molecular weight excluding hydrogens is 310 g/mol. The molecule has 0 aliphatic heterocycles. The predicted molar refractivity (Wildman–Crippen MR) is 68.2 cm³/mol. The van der Waals surface area contributed by atoms with E-state index >= 15 is 0 Å². The fourth-order valence-corrected chi connectivity index (χ4v) is 1.33. The largest absolute Gasteiger partial charge is 0.707 e. The Bertz CT molecular complexity index is 608. The van der Waals surface area contributed by atoms with Gasteiger partial charge in [-0.1, -0.05) is 35.9 Å². The van der Waals surface area contributed by atoms with Gasteiger partial charge in [0.15, 0.2) is 5.75 Å². The van der Waals surface area contributed by atoms with Gasteiger partial charge in [-0.2, -0.15) is 8.78 Å². The smallest absolute Gasteiger partial charge is 0.507 e. The summed E-state index contributed by atoms with van der Waals surface area (Å²) in [6, 6.07) is 10.3. The van der Waals surface area contributed by atoms with Gasteiger partial charge in [0.25, 0.3) is 0 Å². The van der Waals surface area contributed by atoms with Crippen molar-refractivity contribution >= 4 is 7.32 Å². The van der Waals surface area contributed by atoms with E-state index in [2.05, 4.69) is 23.7 Å². The zero-order chi connectivity index (χ0) is 16.9. The second-order valence-electron chi connectivity index (χ2n) is 4.00. The van der Waals surface area contributed by atoms with Gasteiger partial charge in [0.2, 0.25) is 29.1 Å². The van der Waals surface area contributed by atoms with E-state index < -0.39 is 42.2 Å². The Labute approximate surface area is 122 Å². The monoisotopic (exact) mass is 320 g/mol. The van der Waals surface area contributed by atoms with Crippen molar-refractivity contribution in [3.05, 3.63) is 65.0 Å². The summed E-state index contributed by atoms with van der Waals surface area (Å²) in [6.45, 7) is 2.08. The third-order valence-corrected chi connectivity index (χ3v) is 2.33. The minimum absolute atomic E-state index is 1.32. The minimum atomic E-state index is -2.70. The van der Waals surface area contributed by atoms with Gasteiger partial charge in [0.05, 0.1) is 0 Å². The Hall–Kier alpha value is -2.13. The molecule has 0 atom stereocenters. The van der Waals surface area contributed by atoms with Crippen LogP contribution in [-0.4, -0.2) is 17.4 Å². The quantitative estimate of drug-likeness (QED) is 0.387. The molecule has 0 saturated heterocycles. The Kier molecular flexibility index (Phi) is 6.32. The Morgan fingerprint density at radius 2 is 1.18 bits per heavy atom. The second-order valence-corrected chi connectivity index (χ2v) is 4.00. The lowest BCUT2D eigenvalue weighted by Crippen LogP contribution is -2.23. The Balaban J connectivity index is 0.000000287. The van der Waals surface area contributed by atoms with Crippen LogP contribution in [0.25, 0.3) is 0 Å². The number of hydrogen-bond acceptors (Lipinski definition) is 3. The van der Waals surface area contributed by atoms with E-state index in [1.165, 1.54) is 5.56 Å². The summed E-state index contributed by atoms with van der Waals surface area (Å²) in [5, 5.41) is 16.3. The molecular formula is C13H10BF5O3. The number of benzene rings is 2. The van der Waals surface area contributed by atoms with Gasteiger partial charge >= 0.3 is 7.32 Å². The first kappa shape index (κ1) is 17.9. The molecule has 0 radical (unpaired) electrons. The Morgan fingerprint density at radius 1 is 0.773 bits per heavy atom. The van der Waals surface area contributed by atoms with Crippen molar-refractivity contribution in [3.8, 4) is 5.75 Å². The van der Waals surface area contributed by atoms with Crippen LogP contribution in [0.5, 0.6) is 5.75 Å². The van der Waals surface area contributed by atoms with E-state index in [0.717, 1.165) is 0 Å². The summed E-state index contributed by atoms with van der Waals surface area (Å²) in [6.07, 6.45) is 0. The first-order valence-corrected chi connectivity index (χ1v) is 5.81. The zero-order valence-corrected chi connectivity index (χ0v) is 11.2. The lowest BCUT2D eigenvalue weighted by molar-refractivity contribution is 0.263. The molecule has 0 bridgehead atoms. The minimum Gasteiger partial charge on any atom is -0.507 e. The molecule has 118 valence electrons. The highest BCUT2D eigenvalue weighted by atomic mass is 19.2. The number of rotatable bonds is 2. The van der Waals surface area contributed by atoms with Gasteiger partial charge < -0.3 is 14.7 Å². The van der Waals surface area contributed by atoms with Crippen LogP contribution < -0.4 is 4.65 Å². The van der Waals surface area contributed by atoms with E-state index in [1.807, 2.05) is 18.2 Å². The van der Waals surface area contributed by atoms with Crippen molar-refractivity contribution in [1.29, 1.82) is 0 Å². The summed E-state index contributed by atoms with van der Waals surface area (Å²) in [5.74, 6) is -13.1. The molecule has 2 aromatic carbocycles. The van der Waals surface area contributed by atoms with E-state index in [9.17, 15) is 22.0 Å². The van der Waals surface area contributed by atoms with Gasteiger partial charge in [-0.25, -0.2) is 13.2 Å². The normalized spacial score (nSPS) is 9.82. The predicted octanol–water partition coefficient (Wildman–Crippen LogP) is 2.73. The molecule has 2 aromatic rings.